The monoisotopic (exact) mass is 253 g/mol. The Balaban J connectivity index is 1.65. The van der Waals surface area contributed by atoms with Crippen LogP contribution in [0.5, 0.6) is 0 Å². The lowest BCUT2D eigenvalue weighted by Crippen LogP contribution is -2.52. The molecule has 0 aromatic heterocycles. The van der Waals surface area contributed by atoms with Gasteiger partial charge in [0.1, 0.15) is 6.10 Å². The van der Waals surface area contributed by atoms with Crippen LogP contribution in [0.1, 0.15) is 24.3 Å². The minimum atomic E-state index is -2.96. The minimum absolute atomic E-state index is 0.172. The first-order valence-electron chi connectivity index (χ1n) is 6.43. The number of aliphatic hydroxyl groups is 1. The molecule has 3 rings (SSSR count). The fraction of sp³-hybridized carbons (Fsp3) is 0.571. The van der Waals surface area contributed by atoms with Crippen molar-refractivity contribution in [1.29, 1.82) is 0 Å². The van der Waals surface area contributed by atoms with Crippen LogP contribution >= 0.6 is 0 Å². The van der Waals surface area contributed by atoms with E-state index in [-0.39, 0.29) is 19.0 Å². The summed E-state index contributed by atoms with van der Waals surface area (Å²) in [5.41, 5.74) is 1.23. The Kier molecular flexibility index (Phi) is 2.87. The molecule has 18 heavy (non-hydrogen) atoms. The Morgan fingerprint density at radius 3 is 2.61 bits per heavy atom. The van der Waals surface area contributed by atoms with Gasteiger partial charge in [-0.15, -0.1) is 0 Å². The number of rotatable bonds is 2. The number of nitrogens with zero attached hydrogens (tertiary/aromatic N) is 1. The molecule has 2 fully saturated rings. The van der Waals surface area contributed by atoms with E-state index in [4.69, 9.17) is 0 Å². The Labute approximate surface area is 105 Å². The SMILES string of the molecule is OC1CCN([C@H]2C[C@H]2c2ccccc2)CC1(F)F. The fourth-order valence-electron chi connectivity index (χ4n) is 2.88. The van der Waals surface area contributed by atoms with Gasteiger partial charge in [0.2, 0.25) is 0 Å². The van der Waals surface area contributed by atoms with E-state index in [1.165, 1.54) is 5.56 Å². The second kappa shape index (κ2) is 4.28. The number of hydrogen-bond acceptors (Lipinski definition) is 2. The molecule has 2 nitrogen and oxygen atoms in total. The van der Waals surface area contributed by atoms with Crippen LogP contribution in [-0.2, 0) is 0 Å². The lowest BCUT2D eigenvalue weighted by molar-refractivity contribution is -0.151. The number of piperidine rings is 1. The molecule has 98 valence electrons. The molecule has 1 aliphatic carbocycles. The number of aliphatic hydroxyl groups excluding tert-OH is 1. The molecular weight excluding hydrogens is 236 g/mol. The van der Waals surface area contributed by atoms with E-state index in [0.717, 1.165) is 6.42 Å². The first-order valence-corrected chi connectivity index (χ1v) is 6.43. The third-order valence-corrected chi connectivity index (χ3v) is 4.04. The maximum atomic E-state index is 13.5. The fourth-order valence-corrected chi connectivity index (χ4v) is 2.88. The molecule has 0 amide bonds. The highest BCUT2D eigenvalue weighted by Gasteiger charge is 2.50. The molecule has 0 bridgehead atoms. The maximum absolute atomic E-state index is 13.5. The van der Waals surface area contributed by atoms with Crippen molar-refractivity contribution < 1.29 is 13.9 Å². The quantitative estimate of drug-likeness (QED) is 0.873. The molecule has 1 saturated carbocycles. The van der Waals surface area contributed by atoms with E-state index in [9.17, 15) is 13.9 Å². The average Bonchev–Trinajstić information content (AvgIpc) is 3.14. The van der Waals surface area contributed by atoms with Crippen molar-refractivity contribution in [3.63, 3.8) is 0 Å². The molecule has 1 N–H and O–H groups in total. The highest BCUT2D eigenvalue weighted by molar-refractivity contribution is 5.28. The van der Waals surface area contributed by atoms with Gasteiger partial charge in [-0.1, -0.05) is 30.3 Å². The summed E-state index contributed by atoms with van der Waals surface area (Å²) in [5.74, 6) is -2.57. The van der Waals surface area contributed by atoms with Crippen LogP contribution in [0.3, 0.4) is 0 Å². The summed E-state index contributed by atoms with van der Waals surface area (Å²) in [6, 6.07) is 10.3. The van der Waals surface area contributed by atoms with Gasteiger partial charge in [0.15, 0.2) is 0 Å². The van der Waals surface area contributed by atoms with Gasteiger partial charge in [-0.25, -0.2) is 8.78 Å². The molecule has 1 heterocycles. The summed E-state index contributed by atoms with van der Waals surface area (Å²) < 4.78 is 26.9. The van der Waals surface area contributed by atoms with Gasteiger partial charge in [-0.3, -0.25) is 4.90 Å². The number of alkyl halides is 2. The highest BCUT2D eigenvalue weighted by Crippen LogP contribution is 2.46. The third kappa shape index (κ3) is 2.15. The number of hydrogen-bond donors (Lipinski definition) is 1. The second-order valence-electron chi connectivity index (χ2n) is 5.36. The number of likely N-dealkylation sites (tertiary alicyclic amines) is 1. The van der Waals surface area contributed by atoms with Gasteiger partial charge in [0, 0.05) is 18.5 Å². The van der Waals surface area contributed by atoms with Crippen molar-refractivity contribution in [3.8, 4) is 0 Å². The Morgan fingerprint density at radius 2 is 1.94 bits per heavy atom. The molecule has 0 radical (unpaired) electrons. The largest absolute Gasteiger partial charge is 0.387 e. The zero-order valence-corrected chi connectivity index (χ0v) is 10.1. The van der Waals surface area contributed by atoms with Crippen molar-refractivity contribution in [2.24, 2.45) is 0 Å². The molecule has 1 aliphatic heterocycles. The van der Waals surface area contributed by atoms with Crippen LogP contribution in [0.4, 0.5) is 8.78 Å². The number of halogens is 2. The van der Waals surface area contributed by atoms with E-state index < -0.39 is 12.0 Å². The molecule has 4 heteroatoms. The smallest absolute Gasteiger partial charge is 0.285 e. The van der Waals surface area contributed by atoms with Gasteiger partial charge in [-0.2, -0.15) is 0 Å². The van der Waals surface area contributed by atoms with Crippen LogP contribution in [0.15, 0.2) is 30.3 Å². The lowest BCUT2D eigenvalue weighted by atomic mass is 10.0. The van der Waals surface area contributed by atoms with E-state index in [0.29, 0.717) is 12.5 Å². The minimum Gasteiger partial charge on any atom is -0.387 e. The molecule has 3 atom stereocenters. The molecule has 1 aromatic rings. The highest BCUT2D eigenvalue weighted by atomic mass is 19.3. The van der Waals surface area contributed by atoms with Crippen molar-refractivity contribution in [1.82, 2.24) is 4.90 Å². The maximum Gasteiger partial charge on any atom is 0.285 e. The number of benzene rings is 1. The summed E-state index contributed by atoms with van der Waals surface area (Å²) in [4.78, 5) is 1.84. The summed E-state index contributed by atoms with van der Waals surface area (Å²) in [6.07, 6.45) is -0.344. The molecular formula is C14H17F2NO. The normalized spacial score (nSPS) is 35.4. The molecule has 1 saturated heterocycles. The second-order valence-corrected chi connectivity index (χ2v) is 5.36. The van der Waals surface area contributed by atoms with E-state index in [1.807, 2.05) is 23.1 Å². The summed E-state index contributed by atoms with van der Waals surface area (Å²) >= 11 is 0. The Bertz CT molecular complexity index is 423. The van der Waals surface area contributed by atoms with Crippen LogP contribution < -0.4 is 0 Å². The molecule has 2 aliphatic rings. The van der Waals surface area contributed by atoms with Crippen molar-refractivity contribution >= 4 is 0 Å². The van der Waals surface area contributed by atoms with Gasteiger partial charge in [0.05, 0.1) is 6.54 Å². The molecule has 1 unspecified atom stereocenters. The molecule has 0 spiro atoms. The first kappa shape index (κ1) is 12.1. The topological polar surface area (TPSA) is 23.5 Å². The van der Waals surface area contributed by atoms with Crippen LogP contribution in [0.2, 0.25) is 0 Å². The standard InChI is InChI=1S/C14H17F2NO/c15-14(16)9-17(7-6-13(14)18)12-8-11(12)10-4-2-1-3-5-10/h1-5,11-13,18H,6-9H2/t11-,12-,13?/m0/s1. The zero-order chi connectivity index (χ0) is 12.8. The van der Waals surface area contributed by atoms with Crippen LogP contribution in [0.25, 0.3) is 0 Å². The van der Waals surface area contributed by atoms with Gasteiger partial charge < -0.3 is 5.11 Å². The van der Waals surface area contributed by atoms with E-state index >= 15 is 0 Å². The summed E-state index contributed by atoms with van der Waals surface area (Å²) in [7, 11) is 0. The Morgan fingerprint density at radius 1 is 1.22 bits per heavy atom. The van der Waals surface area contributed by atoms with E-state index in [2.05, 4.69) is 12.1 Å². The van der Waals surface area contributed by atoms with Crippen molar-refractivity contribution in [3.05, 3.63) is 35.9 Å². The van der Waals surface area contributed by atoms with E-state index in [1.54, 1.807) is 0 Å². The van der Waals surface area contributed by atoms with Crippen LogP contribution in [0, 0.1) is 0 Å². The van der Waals surface area contributed by atoms with Gasteiger partial charge in [-0.05, 0) is 18.4 Å². The van der Waals surface area contributed by atoms with Crippen molar-refractivity contribution in [2.45, 2.75) is 36.8 Å². The zero-order valence-electron chi connectivity index (χ0n) is 10.1. The third-order valence-electron chi connectivity index (χ3n) is 4.04. The predicted molar refractivity (Wildman–Crippen MR) is 64.7 cm³/mol. The summed E-state index contributed by atoms with van der Waals surface area (Å²) in [6.45, 7) is 0.271. The summed E-state index contributed by atoms with van der Waals surface area (Å²) in [5, 5.41) is 9.26. The molecule has 1 aromatic carbocycles. The van der Waals surface area contributed by atoms with Crippen molar-refractivity contribution in [2.75, 3.05) is 13.1 Å². The van der Waals surface area contributed by atoms with Gasteiger partial charge in [0.25, 0.3) is 5.92 Å². The predicted octanol–water partition coefficient (Wildman–Crippen LogP) is 2.24. The average molecular weight is 253 g/mol. The van der Waals surface area contributed by atoms with Crippen LogP contribution in [-0.4, -0.2) is 41.2 Å². The lowest BCUT2D eigenvalue weighted by Gasteiger charge is -2.36. The van der Waals surface area contributed by atoms with Gasteiger partial charge >= 0.3 is 0 Å². The Hall–Kier alpha value is -1.00. The first-order chi connectivity index (χ1) is 8.58.